The van der Waals surface area contributed by atoms with Crippen LogP contribution in [-0.2, 0) is 70.0 Å². The molecular weight excluding hydrogens is 973 g/mol. The molecule has 76 heavy (non-hydrogen) atoms. The molecule has 2 aromatic rings. The Hall–Kier alpha value is -5.30. The fourth-order valence-electron chi connectivity index (χ4n) is 9.32. The van der Waals surface area contributed by atoms with Gasteiger partial charge in [-0.1, -0.05) is 79.7 Å². The standard InChI is InChI=1S/C58H94N6O12/c1-37(2)29-47-55(67)75-51(33-43-17-21-45(22-18-43)59-25-27-71-15)53(65)63(13)50(32-40(7)8)58(70)74-42(10)36-62(12)48(30-38(3)4)56(68)76-52(34-44-19-23-46(24-20-44)60-26-28-72-16)54(66)64(14)49(31-39(5)6)57(69)73-41(9)35-61(47)11/h17-24,37-42,47-52,59-60H,25-36H2,1-16H3. The molecular formula is C58H94N6O12. The molecule has 2 amide bonds. The third kappa shape index (κ3) is 21.6. The van der Waals surface area contributed by atoms with E-state index in [0.717, 1.165) is 22.5 Å². The minimum Gasteiger partial charge on any atom is -0.460 e. The summed E-state index contributed by atoms with van der Waals surface area (Å²) in [5.41, 5.74) is 3.13. The van der Waals surface area contributed by atoms with E-state index < -0.39 is 84.3 Å². The minimum atomic E-state index is -1.33. The molecule has 3 rings (SSSR count). The van der Waals surface area contributed by atoms with Gasteiger partial charge in [-0.05, 0) is 113 Å². The van der Waals surface area contributed by atoms with Crippen molar-refractivity contribution in [1.82, 2.24) is 19.6 Å². The van der Waals surface area contributed by atoms with E-state index in [0.29, 0.717) is 39.1 Å². The first-order valence-corrected chi connectivity index (χ1v) is 27.2. The van der Waals surface area contributed by atoms with Crippen LogP contribution in [0.15, 0.2) is 48.5 Å². The number of hydrogen-bond donors (Lipinski definition) is 2. The van der Waals surface area contributed by atoms with E-state index in [1.54, 1.807) is 52.0 Å². The van der Waals surface area contributed by atoms with Crippen LogP contribution >= 0.6 is 0 Å². The van der Waals surface area contributed by atoms with Crippen molar-refractivity contribution in [3.63, 3.8) is 0 Å². The third-order valence-corrected chi connectivity index (χ3v) is 13.4. The van der Waals surface area contributed by atoms with Crippen LogP contribution < -0.4 is 10.6 Å². The number of hydrogen-bond acceptors (Lipinski definition) is 16. The molecule has 1 saturated heterocycles. The van der Waals surface area contributed by atoms with Gasteiger partial charge in [-0.15, -0.1) is 0 Å². The van der Waals surface area contributed by atoms with Gasteiger partial charge in [-0.25, -0.2) is 9.59 Å². The average molecular weight is 1070 g/mol. The van der Waals surface area contributed by atoms with Crippen molar-refractivity contribution in [3.05, 3.63) is 59.7 Å². The molecule has 8 atom stereocenters. The Labute approximate surface area is 454 Å². The number of benzene rings is 2. The van der Waals surface area contributed by atoms with Gasteiger partial charge in [0.25, 0.3) is 11.8 Å². The molecule has 0 saturated carbocycles. The zero-order valence-electron chi connectivity index (χ0n) is 48.7. The maximum atomic E-state index is 14.9. The predicted octanol–water partition coefficient (Wildman–Crippen LogP) is 6.73. The van der Waals surface area contributed by atoms with Crippen molar-refractivity contribution < 1.29 is 57.2 Å². The topological polar surface area (TPSA) is 195 Å². The number of methoxy groups -OCH3 is 2. The van der Waals surface area contributed by atoms with Gasteiger partial charge in [-0.2, -0.15) is 0 Å². The number of amides is 2. The summed E-state index contributed by atoms with van der Waals surface area (Å²) in [6.45, 7) is 21.5. The lowest BCUT2D eigenvalue weighted by Crippen LogP contribution is -2.53. The van der Waals surface area contributed by atoms with Crippen LogP contribution in [0.1, 0.15) is 106 Å². The summed E-state index contributed by atoms with van der Waals surface area (Å²) in [5.74, 6) is -3.82. The second-order valence-corrected chi connectivity index (χ2v) is 22.3. The number of likely N-dealkylation sites (N-methyl/N-ethyl adjacent to an activating group) is 4. The number of nitrogens with zero attached hydrogens (tertiary/aromatic N) is 4. The summed E-state index contributed by atoms with van der Waals surface area (Å²) in [7, 11) is 9.79. The van der Waals surface area contributed by atoms with Crippen molar-refractivity contribution in [2.75, 3.05) is 92.4 Å². The number of rotatable bonds is 20. The second-order valence-electron chi connectivity index (χ2n) is 22.3. The molecule has 2 aromatic carbocycles. The SMILES string of the molecule is COCCNc1ccc(CC2OC(=O)C(CC(C)C)N(C)CC(C)OC(=O)C(CC(C)C)N(C)C(=O)C(Cc3ccc(NCCOC)cc3)OC(=O)C(CC(C)C)N(C)CC(C)OC(=O)C(CC(C)C)N(C)C2=O)cc1. The van der Waals surface area contributed by atoms with Crippen molar-refractivity contribution >= 4 is 47.1 Å². The van der Waals surface area contributed by atoms with Gasteiger partial charge in [0.1, 0.15) is 36.4 Å². The van der Waals surface area contributed by atoms with E-state index in [9.17, 15) is 28.8 Å². The van der Waals surface area contributed by atoms with Crippen molar-refractivity contribution in [1.29, 1.82) is 0 Å². The maximum absolute atomic E-state index is 14.9. The third-order valence-electron chi connectivity index (χ3n) is 13.4. The largest absolute Gasteiger partial charge is 0.460 e. The molecule has 18 nitrogen and oxygen atoms in total. The maximum Gasteiger partial charge on any atom is 0.329 e. The van der Waals surface area contributed by atoms with Crippen molar-refractivity contribution in [3.8, 4) is 0 Å². The average Bonchev–Trinajstić information content (AvgIpc) is 3.34. The lowest BCUT2D eigenvalue weighted by Gasteiger charge is -2.35. The number of cyclic esters (lactones) is 4. The van der Waals surface area contributed by atoms with Gasteiger partial charge in [0.2, 0.25) is 0 Å². The van der Waals surface area contributed by atoms with E-state index in [1.165, 1.54) is 23.9 Å². The van der Waals surface area contributed by atoms with E-state index in [1.807, 2.05) is 104 Å². The Bertz CT molecular complexity index is 1960. The first kappa shape index (κ1) is 65.0. The lowest BCUT2D eigenvalue weighted by molar-refractivity contribution is -0.171. The van der Waals surface area contributed by atoms with Crippen LogP contribution in [0.2, 0.25) is 0 Å². The zero-order chi connectivity index (χ0) is 56.8. The van der Waals surface area contributed by atoms with Gasteiger partial charge < -0.3 is 48.9 Å². The summed E-state index contributed by atoms with van der Waals surface area (Å²) < 4.78 is 35.2. The first-order valence-electron chi connectivity index (χ1n) is 27.2. The fraction of sp³-hybridized carbons (Fsp3) is 0.690. The zero-order valence-corrected chi connectivity index (χ0v) is 48.7. The molecule has 0 bridgehead atoms. The summed E-state index contributed by atoms with van der Waals surface area (Å²) >= 11 is 0. The number of nitrogens with one attached hydrogen (secondary N) is 2. The van der Waals surface area contributed by atoms with Crippen LogP contribution in [0, 0.1) is 23.7 Å². The molecule has 0 radical (unpaired) electrons. The number of carbonyl (C=O) groups is 6. The Morgan fingerprint density at radius 1 is 0.474 bits per heavy atom. The highest BCUT2D eigenvalue weighted by molar-refractivity contribution is 5.90. The Morgan fingerprint density at radius 2 is 0.763 bits per heavy atom. The molecule has 428 valence electrons. The number of esters is 4. The molecule has 2 N–H and O–H groups in total. The van der Waals surface area contributed by atoms with Gasteiger partial charge in [-0.3, -0.25) is 29.0 Å². The van der Waals surface area contributed by atoms with E-state index >= 15 is 0 Å². The highest BCUT2D eigenvalue weighted by Gasteiger charge is 2.41. The summed E-state index contributed by atoms with van der Waals surface area (Å²) in [4.78, 5) is 94.1. The molecule has 1 aliphatic rings. The van der Waals surface area contributed by atoms with Crippen molar-refractivity contribution in [2.24, 2.45) is 23.7 Å². The fourth-order valence-corrected chi connectivity index (χ4v) is 9.32. The minimum absolute atomic E-state index is 0.0131. The van der Waals surface area contributed by atoms with Crippen LogP contribution in [-0.4, -0.2) is 186 Å². The van der Waals surface area contributed by atoms with Crippen LogP contribution in [0.5, 0.6) is 0 Å². The van der Waals surface area contributed by atoms with Gasteiger partial charge in [0.15, 0.2) is 12.2 Å². The summed E-state index contributed by atoms with van der Waals surface area (Å²) in [6, 6.07) is 11.1. The van der Waals surface area contributed by atoms with Crippen molar-refractivity contribution in [2.45, 2.75) is 156 Å². The molecule has 0 aromatic heterocycles. The summed E-state index contributed by atoms with van der Waals surface area (Å²) in [5, 5.41) is 6.57. The predicted molar refractivity (Wildman–Crippen MR) is 296 cm³/mol. The second kappa shape index (κ2) is 32.4. The van der Waals surface area contributed by atoms with Crippen LogP contribution in [0.25, 0.3) is 0 Å². The molecule has 0 spiro atoms. The van der Waals surface area contributed by atoms with Gasteiger partial charge in [0, 0.05) is 78.7 Å². The van der Waals surface area contributed by atoms with Crippen LogP contribution in [0.4, 0.5) is 11.4 Å². The summed E-state index contributed by atoms with van der Waals surface area (Å²) in [6.07, 6.45) is -2.99. The van der Waals surface area contributed by atoms with Gasteiger partial charge >= 0.3 is 23.9 Å². The molecule has 0 aliphatic carbocycles. The molecule has 1 fully saturated rings. The highest BCUT2D eigenvalue weighted by Crippen LogP contribution is 2.24. The van der Waals surface area contributed by atoms with Gasteiger partial charge in [0.05, 0.1) is 13.2 Å². The number of ether oxygens (including phenoxy) is 6. The van der Waals surface area contributed by atoms with Crippen LogP contribution in [0.3, 0.4) is 0 Å². The normalized spacial score (nSPS) is 24.2. The number of carbonyl (C=O) groups excluding carboxylic acids is 6. The lowest BCUT2D eigenvalue weighted by atomic mass is 10.00. The smallest absolute Gasteiger partial charge is 0.329 e. The molecule has 1 heterocycles. The Kier molecular flexibility index (Phi) is 27.7. The Morgan fingerprint density at radius 3 is 1.05 bits per heavy atom. The molecule has 18 heteroatoms. The Balaban J connectivity index is 2.18. The van der Waals surface area contributed by atoms with E-state index in [4.69, 9.17) is 28.4 Å². The quantitative estimate of drug-likeness (QED) is 0.0805. The first-order chi connectivity index (χ1) is 35.8. The monoisotopic (exact) mass is 1070 g/mol. The highest BCUT2D eigenvalue weighted by atomic mass is 16.6. The number of anilines is 2. The molecule has 1 aliphatic heterocycles. The van der Waals surface area contributed by atoms with E-state index in [2.05, 4.69) is 10.6 Å². The van der Waals surface area contributed by atoms with E-state index in [-0.39, 0.29) is 62.4 Å². The molecule has 8 unspecified atom stereocenters.